The highest BCUT2D eigenvalue weighted by Gasteiger charge is 2.37. The number of carboxylic acid groups (broad SMARTS) is 1. The van der Waals surface area contributed by atoms with E-state index in [2.05, 4.69) is 5.32 Å². The van der Waals surface area contributed by atoms with Gasteiger partial charge in [0.2, 0.25) is 5.91 Å². The van der Waals surface area contributed by atoms with Gasteiger partial charge < -0.3 is 15.3 Å². The molecule has 1 atom stereocenters. The largest absolute Gasteiger partial charge is 0.481 e. The number of hydrogen-bond donors (Lipinski definition) is 2. The van der Waals surface area contributed by atoms with E-state index in [0.29, 0.717) is 13.0 Å². The molecule has 5 heteroatoms. The summed E-state index contributed by atoms with van der Waals surface area (Å²) < 4.78 is 0. The summed E-state index contributed by atoms with van der Waals surface area (Å²) in [4.78, 5) is 24.1. The molecule has 2 N–H and O–H groups in total. The lowest BCUT2D eigenvalue weighted by Gasteiger charge is -2.28. The van der Waals surface area contributed by atoms with E-state index in [1.165, 1.54) is 0 Å². The maximum absolute atomic E-state index is 12.1. The number of nitrogens with one attached hydrogen (secondary N) is 1. The van der Waals surface area contributed by atoms with Crippen LogP contribution < -0.4 is 5.32 Å². The molecule has 0 aromatic rings. The Hall–Kier alpha value is -1.10. The van der Waals surface area contributed by atoms with E-state index in [9.17, 15) is 9.59 Å². The summed E-state index contributed by atoms with van der Waals surface area (Å²) in [7, 11) is 1.74. The topological polar surface area (TPSA) is 69.6 Å². The van der Waals surface area contributed by atoms with Gasteiger partial charge in [0.15, 0.2) is 0 Å². The van der Waals surface area contributed by atoms with Crippen molar-refractivity contribution in [2.45, 2.75) is 26.2 Å². The molecule has 1 aliphatic heterocycles. The van der Waals surface area contributed by atoms with Crippen LogP contribution in [0, 0.1) is 5.41 Å². The molecule has 1 amide bonds. The Kier molecular flexibility index (Phi) is 4.29. The average Bonchev–Trinajstić information content (AvgIpc) is 2.64. The first kappa shape index (κ1) is 13.0. The third-order valence-corrected chi connectivity index (χ3v) is 3.12. The van der Waals surface area contributed by atoms with Crippen molar-refractivity contribution in [3.63, 3.8) is 0 Å². The highest BCUT2D eigenvalue weighted by Crippen LogP contribution is 2.26. The summed E-state index contributed by atoms with van der Waals surface area (Å²) >= 11 is 0. The molecule has 0 aromatic carbocycles. The number of nitrogens with zero attached hydrogens (tertiary/aromatic N) is 1. The van der Waals surface area contributed by atoms with Crippen LogP contribution in [0.15, 0.2) is 0 Å². The van der Waals surface area contributed by atoms with Crippen molar-refractivity contribution in [1.29, 1.82) is 0 Å². The van der Waals surface area contributed by atoms with Gasteiger partial charge in [-0.25, -0.2) is 0 Å². The standard InChI is InChI=1S/C11H20N2O3/c1-11(5-6-12-8-11)10(16)13(2)7-3-4-9(14)15/h12H,3-8H2,1-2H3,(H,14,15). The number of amides is 1. The molecule has 92 valence electrons. The molecule has 0 saturated carbocycles. The van der Waals surface area contributed by atoms with Gasteiger partial charge in [0.25, 0.3) is 0 Å². The van der Waals surface area contributed by atoms with Crippen LogP contribution in [-0.2, 0) is 9.59 Å². The minimum atomic E-state index is -0.811. The van der Waals surface area contributed by atoms with Crippen LogP contribution in [0.3, 0.4) is 0 Å². The maximum atomic E-state index is 12.1. The lowest BCUT2D eigenvalue weighted by atomic mass is 9.88. The maximum Gasteiger partial charge on any atom is 0.303 e. The van der Waals surface area contributed by atoms with Crippen LogP contribution in [0.1, 0.15) is 26.2 Å². The molecule has 0 radical (unpaired) electrons. The molecule has 1 fully saturated rings. The minimum absolute atomic E-state index is 0.114. The average molecular weight is 228 g/mol. The fourth-order valence-electron chi connectivity index (χ4n) is 2.03. The van der Waals surface area contributed by atoms with Gasteiger partial charge in [-0.2, -0.15) is 0 Å². The Morgan fingerprint density at radius 1 is 1.50 bits per heavy atom. The van der Waals surface area contributed by atoms with Gasteiger partial charge in [0.1, 0.15) is 0 Å². The Balaban J connectivity index is 2.38. The van der Waals surface area contributed by atoms with Crippen molar-refractivity contribution in [3.8, 4) is 0 Å². The quantitative estimate of drug-likeness (QED) is 0.710. The summed E-state index contributed by atoms with van der Waals surface area (Å²) in [5.74, 6) is -0.697. The van der Waals surface area contributed by atoms with Crippen LogP contribution in [0.2, 0.25) is 0 Å². The molecular weight excluding hydrogens is 208 g/mol. The fourth-order valence-corrected chi connectivity index (χ4v) is 2.03. The number of rotatable bonds is 5. The monoisotopic (exact) mass is 228 g/mol. The number of carbonyl (C=O) groups excluding carboxylic acids is 1. The normalized spacial score (nSPS) is 24.4. The van der Waals surface area contributed by atoms with E-state index in [4.69, 9.17) is 5.11 Å². The Labute approximate surface area is 95.8 Å². The SMILES string of the molecule is CN(CCCC(=O)O)C(=O)C1(C)CCNC1. The lowest BCUT2D eigenvalue weighted by Crippen LogP contribution is -2.42. The fraction of sp³-hybridized carbons (Fsp3) is 0.818. The third-order valence-electron chi connectivity index (χ3n) is 3.12. The molecule has 0 bridgehead atoms. The zero-order valence-corrected chi connectivity index (χ0v) is 9.95. The van der Waals surface area contributed by atoms with E-state index in [1.54, 1.807) is 11.9 Å². The summed E-state index contributed by atoms with van der Waals surface area (Å²) in [6, 6.07) is 0. The van der Waals surface area contributed by atoms with Gasteiger partial charge in [-0.1, -0.05) is 0 Å². The molecule has 0 aromatic heterocycles. The predicted molar refractivity (Wildman–Crippen MR) is 60.1 cm³/mol. The van der Waals surface area contributed by atoms with Crippen LogP contribution in [0.25, 0.3) is 0 Å². The van der Waals surface area contributed by atoms with Crippen molar-refractivity contribution in [2.75, 3.05) is 26.7 Å². The van der Waals surface area contributed by atoms with E-state index in [1.807, 2.05) is 6.92 Å². The van der Waals surface area contributed by atoms with Crippen LogP contribution in [0.4, 0.5) is 0 Å². The number of hydrogen-bond acceptors (Lipinski definition) is 3. The van der Waals surface area contributed by atoms with Crippen LogP contribution in [0.5, 0.6) is 0 Å². The number of carboxylic acids is 1. The van der Waals surface area contributed by atoms with Gasteiger partial charge in [-0.3, -0.25) is 9.59 Å². The number of carbonyl (C=O) groups is 2. The van der Waals surface area contributed by atoms with Gasteiger partial charge in [-0.05, 0) is 26.3 Å². The first-order valence-corrected chi connectivity index (χ1v) is 5.64. The van der Waals surface area contributed by atoms with Crippen molar-refractivity contribution in [2.24, 2.45) is 5.41 Å². The van der Waals surface area contributed by atoms with E-state index in [0.717, 1.165) is 19.5 Å². The molecule has 16 heavy (non-hydrogen) atoms. The van der Waals surface area contributed by atoms with E-state index in [-0.39, 0.29) is 17.7 Å². The van der Waals surface area contributed by atoms with Crippen LogP contribution >= 0.6 is 0 Å². The number of aliphatic carboxylic acids is 1. The smallest absolute Gasteiger partial charge is 0.303 e. The van der Waals surface area contributed by atoms with Gasteiger partial charge in [0.05, 0.1) is 5.41 Å². The Morgan fingerprint density at radius 2 is 2.19 bits per heavy atom. The second-order valence-corrected chi connectivity index (χ2v) is 4.71. The van der Waals surface area contributed by atoms with E-state index >= 15 is 0 Å². The van der Waals surface area contributed by atoms with Gasteiger partial charge >= 0.3 is 5.97 Å². The summed E-state index contributed by atoms with van der Waals surface area (Å²) in [6.45, 7) is 4.07. The van der Waals surface area contributed by atoms with E-state index < -0.39 is 5.97 Å². The molecule has 0 aliphatic carbocycles. The first-order chi connectivity index (χ1) is 7.46. The van der Waals surface area contributed by atoms with Crippen molar-refractivity contribution < 1.29 is 14.7 Å². The highest BCUT2D eigenvalue weighted by atomic mass is 16.4. The second kappa shape index (κ2) is 5.30. The molecule has 1 unspecified atom stereocenters. The van der Waals surface area contributed by atoms with Crippen LogP contribution in [-0.4, -0.2) is 48.6 Å². The Morgan fingerprint density at radius 3 is 2.69 bits per heavy atom. The van der Waals surface area contributed by atoms with Gasteiger partial charge in [0, 0.05) is 26.6 Å². The molecule has 5 nitrogen and oxygen atoms in total. The summed E-state index contributed by atoms with van der Waals surface area (Å²) in [5.41, 5.74) is -0.308. The zero-order valence-electron chi connectivity index (χ0n) is 9.95. The van der Waals surface area contributed by atoms with Crippen molar-refractivity contribution in [1.82, 2.24) is 10.2 Å². The second-order valence-electron chi connectivity index (χ2n) is 4.71. The highest BCUT2D eigenvalue weighted by molar-refractivity contribution is 5.82. The molecule has 1 rings (SSSR count). The molecule has 0 spiro atoms. The molecule has 1 saturated heterocycles. The molecule has 1 heterocycles. The first-order valence-electron chi connectivity index (χ1n) is 5.64. The molecule has 1 aliphatic rings. The Bertz CT molecular complexity index is 272. The van der Waals surface area contributed by atoms with Crippen molar-refractivity contribution >= 4 is 11.9 Å². The van der Waals surface area contributed by atoms with Gasteiger partial charge in [-0.15, -0.1) is 0 Å². The predicted octanol–water partition coefficient (Wildman–Crippen LogP) is 0.309. The minimum Gasteiger partial charge on any atom is -0.481 e. The molecular formula is C11H20N2O3. The van der Waals surface area contributed by atoms with Crippen molar-refractivity contribution in [3.05, 3.63) is 0 Å². The third kappa shape index (κ3) is 3.20. The summed E-state index contributed by atoms with van der Waals surface area (Å²) in [5, 5.41) is 11.7. The zero-order chi connectivity index (χ0) is 12.2. The lowest BCUT2D eigenvalue weighted by molar-refractivity contribution is -0.140. The summed E-state index contributed by atoms with van der Waals surface area (Å²) in [6.07, 6.45) is 1.49.